The van der Waals surface area contributed by atoms with E-state index in [0.29, 0.717) is 12.4 Å². The first-order valence-electron chi connectivity index (χ1n) is 5.98. The summed E-state index contributed by atoms with van der Waals surface area (Å²) in [4.78, 5) is 25.8. The van der Waals surface area contributed by atoms with Crippen molar-refractivity contribution in [3.8, 4) is 0 Å². The molecule has 0 saturated heterocycles. The van der Waals surface area contributed by atoms with E-state index in [1.165, 1.54) is 11.8 Å². The van der Waals surface area contributed by atoms with Crippen LogP contribution < -0.4 is 11.2 Å². The Morgan fingerprint density at radius 3 is 3.00 bits per heavy atom. The molecule has 5 nitrogen and oxygen atoms in total. The lowest BCUT2D eigenvalue weighted by molar-refractivity contribution is 0.00455. The van der Waals surface area contributed by atoms with E-state index in [9.17, 15) is 14.0 Å². The molecule has 1 unspecified atom stereocenters. The zero-order valence-corrected chi connectivity index (χ0v) is 11.2. The van der Waals surface area contributed by atoms with Crippen molar-refractivity contribution in [3.63, 3.8) is 0 Å². The number of halogens is 1. The van der Waals surface area contributed by atoms with Crippen molar-refractivity contribution >= 4 is 11.8 Å². The Balaban J connectivity index is 1.93. The van der Waals surface area contributed by atoms with E-state index in [-0.39, 0.29) is 0 Å². The van der Waals surface area contributed by atoms with Gasteiger partial charge in [-0.15, -0.1) is 11.8 Å². The SMILES string of the molecule is O=c1[nH]c(=O)n(C2CSc3ccccc3CO2)cc1F. The number of fused-ring (bicyclic) bond motifs is 1. The highest BCUT2D eigenvalue weighted by Crippen LogP contribution is 2.31. The van der Waals surface area contributed by atoms with Crippen molar-refractivity contribution in [2.45, 2.75) is 17.7 Å². The Bertz CT molecular complexity index is 729. The van der Waals surface area contributed by atoms with Crippen molar-refractivity contribution in [1.82, 2.24) is 9.55 Å². The number of hydrogen-bond acceptors (Lipinski definition) is 4. The van der Waals surface area contributed by atoms with Crippen molar-refractivity contribution < 1.29 is 9.13 Å². The van der Waals surface area contributed by atoms with E-state index in [2.05, 4.69) is 0 Å². The molecule has 0 aliphatic carbocycles. The molecule has 2 heterocycles. The quantitative estimate of drug-likeness (QED) is 0.865. The van der Waals surface area contributed by atoms with Crippen LogP contribution in [0.3, 0.4) is 0 Å². The molecular formula is C13H11FN2O3S. The summed E-state index contributed by atoms with van der Waals surface area (Å²) in [6.45, 7) is 0.334. The van der Waals surface area contributed by atoms with Crippen molar-refractivity contribution in [3.05, 3.63) is 62.7 Å². The minimum absolute atomic E-state index is 0.334. The number of H-pyrrole nitrogens is 1. The molecule has 0 radical (unpaired) electrons. The van der Waals surface area contributed by atoms with Gasteiger partial charge in [0.1, 0.15) is 6.23 Å². The fourth-order valence-corrected chi connectivity index (χ4v) is 3.06. The van der Waals surface area contributed by atoms with E-state index in [0.717, 1.165) is 21.2 Å². The molecule has 0 fully saturated rings. The third-order valence-corrected chi connectivity index (χ3v) is 4.18. The zero-order valence-electron chi connectivity index (χ0n) is 10.3. The maximum absolute atomic E-state index is 13.3. The molecule has 0 amide bonds. The van der Waals surface area contributed by atoms with Gasteiger partial charge in [0.2, 0.25) is 5.82 Å². The Kier molecular flexibility index (Phi) is 3.45. The third-order valence-electron chi connectivity index (χ3n) is 3.02. The van der Waals surface area contributed by atoms with Gasteiger partial charge in [-0.1, -0.05) is 18.2 Å². The molecular weight excluding hydrogens is 283 g/mol. The van der Waals surface area contributed by atoms with Crippen LogP contribution in [0.25, 0.3) is 0 Å². The number of nitrogens with zero attached hydrogens (tertiary/aromatic N) is 1. The highest BCUT2D eigenvalue weighted by molar-refractivity contribution is 7.99. The van der Waals surface area contributed by atoms with Gasteiger partial charge >= 0.3 is 5.69 Å². The molecule has 1 aliphatic rings. The summed E-state index contributed by atoms with van der Waals surface area (Å²) >= 11 is 1.53. The average molecular weight is 294 g/mol. The second kappa shape index (κ2) is 5.26. The first-order chi connectivity index (χ1) is 9.65. The lowest BCUT2D eigenvalue weighted by Gasteiger charge is -2.16. The van der Waals surface area contributed by atoms with Crippen LogP contribution in [0.1, 0.15) is 11.8 Å². The Labute approximate surface area is 117 Å². The summed E-state index contributed by atoms with van der Waals surface area (Å²) in [5, 5.41) is 0. The average Bonchev–Trinajstić information content (AvgIpc) is 2.65. The highest BCUT2D eigenvalue weighted by Gasteiger charge is 2.20. The van der Waals surface area contributed by atoms with Crippen molar-refractivity contribution in [2.24, 2.45) is 0 Å². The number of rotatable bonds is 1. The maximum atomic E-state index is 13.3. The van der Waals surface area contributed by atoms with E-state index in [1.54, 1.807) is 0 Å². The number of ether oxygens (including phenoxy) is 1. The molecule has 1 aromatic carbocycles. The summed E-state index contributed by atoms with van der Waals surface area (Å²) in [6.07, 6.45) is 0.272. The molecule has 20 heavy (non-hydrogen) atoms. The minimum Gasteiger partial charge on any atom is -0.352 e. The van der Waals surface area contributed by atoms with E-state index in [4.69, 9.17) is 4.74 Å². The van der Waals surface area contributed by atoms with Crippen LogP contribution in [0.2, 0.25) is 0 Å². The predicted molar refractivity (Wildman–Crippen MR) is 72.3 cm³/mol. The lowest BCUT2D eigenvalue weighted by atomic mass is 10.2. The second-order valence-corrected chi connectivity index (χ2v) is 5.39. The van der Waals surface area contributed by atoms with E-state index >= 15 is 0 Å². The first kappa shape index (κ1) is 13.1. The monoisotopic (exact) mass is 294 g/mol. The number of benzene rings is 1. The van der Waals surface area contributed by atoms with Crippen LogP contribution in [0.4, 0.5) is 4.39 Å². The zero-order chi connectivity index (χ0) is 14.1. The standard InChI is InChI=1S/C13H11FN2O3S/c14-9-5-16(13(18)15-12(9)17)11-7-20-10-4-2-1-3-8(10)6-19-11/h1-5,11H,6-7H2,(H,15,17,18). The molecule has 0 bridgehead atoms. The van der Waals surface area contributed by atoms with Crippen LogP contribution in [0.5, 0.6) is 0 Å². The summed E-state index contributed by atoms with van der Waals surface area (Å²) in [5.74, 6) is -0.539. The fourth-order valence-electron chi connectivity index (χ4n) is 1.99. The Morgan fingerprint density at radius 1 is 1.35 bits per heavy atom. The molecule has 1 N–H and O–H groups in total. The molecule has 0 saturated carbocycles. The molecule has 0 spiro atoms. The Morgan fingerprint density at radius 2 is 2.15 bits per heavy atom. The third kappa shape index (κ3) is 2.41. The summed E-state index contributed by atoms with van der Waals surface area (Å²) in [5.41, 5.74) is -0.665. The van der Waals surface area contributed by atoms with Gasteiger partial charge in [-0.3, -0.25) is 14.3 Å². The number of hydrogen-bond donors (Lipinski definition) is 1. The van der Waals surface area contributed by atoms with Gasteiger partial charge in [0.05, 0.1) is 12.8 Å². The maximum Gasteiger partial charge on any atom is 0.330 e. The molecule has 2 aromatic rings. The van der Waals surface area contributed by atoms with Crippen LogP contribution in [0.15, 0.2) is 44.9 Å². The van der Waals surface area contributed by atoms with E-state index in [1.807, 2.05) is 29.2 Å². The van der Waals surface area contributed by atoms with Gasteiger partial charge in [0, 0.05) is 10.6 Å². The molecule has 1 aromatic heterocycles. The largest absolute Gasteiger partial charge is 0.352 e. The fraction of sp³-hybridized carbons (Fsp3) is 0.231. The van der Waals surface area contributed by atoms with Crippen LogP contribution in [-0.4, -0.2) is 15.3 Å². The molecule has 7 heteroatoms. The number of nitrogens with one attached hydrogen (secondary N) is 1. The van der Waals surface area contributed by atoms with Gasteiger partial charge in [0.15, 0.2) is 0 Å². The minimum atomic E-state index is -1.02. The molecule has 1 atom stereocenters. The van der Waals surface area contributed by atoms with Crippen LogP contribution in [-0.2, 0) is 11.3 Å². The predicted octanol–water partition coefficient (Wildman–Crippen LogP) is 1.50. The summed E-state index contributed by atoms with van der Waals surface area (Å²) in [6, 6.07) is 7.76. The van der Waals surface area contributed by atoms with Gasteiger partial charge in [-0.25, -0.2) is 4.79 Å². The highest BCUT2D eigenvalue weighted by atomic mass is 32.2. The molecule has 1 aliphatic heterocycles. The van der Waals surface area contributed by atoms with E-state index < -0.39 is 23.3 Å². The van der Waals surface area contributed by atoms with Gasteiger partial charge in [-0.05, 0) is 11.6 Å². The van der Waals surface area contributed by atoms with Crippen LogP contribution in [0, 0.1) is 5.82 Å². The normalized spacial score (nSPS) is 18.4. The summed E-state index contributed by atoms with van der Waals surface area (Å²) < 4.78 is 20.0. The van der Waals surface area contributed by atoms with Gasteiger partial charge in [-0.2, -0.15) is 4.39 Å². The van der Waals surface area contributed by atoms with Crippen molar-refractivity contribution in [1.29, 1.82) is 0 Å². The first-order valence-corrected chi connectivity index (χ1v) is 6.97. The topological polar surface area (TPSA) is 64.1 Å². The number of aromatic amines is 1. The van der Waals surface area contributed by atoms with Gasteiger partial charge in [0.25, 0.3) is 5.56 Å². The van der Waals surface area contributed by atoms with Crippen LogP contribution >= 0.6 is 11.8 Å². The second-order valence-electron chi connectivity index (χ2n) is 4.33. The number of aromatic nitrogens is 2. The molecule has 3 rings (SSSR count). The Hall–Kier alpha value is -1.86. The molecule has 104 valence electrons. The van der Waals surface area contributed by atoms with Crippen molar-refractivity contribution in [2.75, 3.05) is 5.75 Å². The number of thioether (sulfide) groups is 1. The smallest absolute Gasteiger partial charge is 0.330 e. The lowest BCUT2D eigenvalue weighted by Crippen LogP contribution is -2.35. The summed E-state index contributed by atoms with van der Waals surface area (Å²) in [7, 11) is 0. The van der Waals surface area contributed by atoms with Gasteiger partial charge < -0.3 is 4.74 Å².